The number of carbonyl (C=O) groups excluding carboxylic acids is 1. The van der Waals surface area contributed by atoms with Crippen molar-refractivity contribution in [2.24, 2.45) is 10.8 Å². The van der Waals surface area contributed by atoms with E-state index in [1.807, 2.05) is 0 Å². The van der Waals surface area contributed by atoms with Crippen LogP contribution >= 0.6 is 0 Å². The summed E-state index contributed by atoms with van der Waals surface area (Å²) in [6.45, 7) is 8.58. The van der Waals surface area contributed by atoms with Crippen LogP contribution in [-0.4, -0.2) is 5.78 Å². The van der Waals surface area contributed by atoms with E-state index >= 15 is 0 Å². The first-order chi connectivity index (χ1) is 4.90. The fourth-order valence-electron chi connectivity index (χ4n) is 2.19. The highest BCUT2D eigenvalue weighted by molar-refractivity contribution is 5.87. The molecule has 1 atom stereocenters. The summed E-state index contributed by atoms with van der Waals surface area (Å²) >= 11 is 0. The fourth-order valence-corrected chi connectivity index (χ4v) is 2.19. The molecule has 0 N–H and O–H groups in total. The Kier molecular flexibility index (Phi) is 1.85. The molecule has 0 radical (unpaired) electrons. The third-order valence-corrected chi connectivity index (χ3v) is 2.96. The van der Waals surface area contributed by atoms with Crippen LogP contribution in [0.5, 0.6) is 0 Å². The minimum absolute atomic E-state index is 0.0104. The lowest BCUT2D eigenvalue weighted by Crippen LogP contribution is -2.20. The molecule has 0 aromatic rings. The first-order valence-electron chi connectivity index (χ1n) is 4.43. The lowest BCUT2D eigenvalue weighted by Gasteiger charge is -2.22. The lowest BCUT2D eigenvalue weighted by atomic mass is 9.81. The molecule has 1 nitrogen and oxygen atoms in total. The molecule has 64 valence electrons. The van der Waals surface area contributed by atoms with Gasteiger partial charge in [0.2, 0.25) is 0 Å². The molecule has 1 aliphatic rings. The molecule has 1 fully saturated rings. The van der Waals surface area contributed by atoms with Crippen LogP contribution in [0.15, 0.2) is 0 Å². The summed E-state index contributed by atoms with van der Waals surface area (Å²) < 4.78 is 0. The number of hydrogen-bond acceptors (Lipinski definition) is 1. The largest absolute Gasteiger partial charge is 0.299 e. The van der Waals surface area contributed by atoms with E-state index in [-0.39, 0.29) is 10.8 Å². The monoisotopic (exact) mass is 154 g/mol. The minimum Gasteiger partial charge on any atom is -0.299 e. The van der Waals surface area contributed by atoms with E-state index in [0.717, 1.165) is 19.3 Å². The van der Waals surface area contributed by atoms with Crippen LogP contribution in [0.2, 0.25) is 0 Å². The van der Waals surface area contributed by atoms with Crippen molar-refractivity contribution in [2.75, 3.05) is 0 Å². The highest BCUT2D eigenvalue weighted by atomic mass is 16.1. The molecule has 1 saturated carbocycles. The van der Waals surface area contributed by atoms with Crippen LogP contribution in [0.1, 0.15) is 47.0 Å². The maximum absolute atomic E-state index is 11.5. The third kappa shape index (κ3) is 1.47. The summed E-state index contributed by atoms with van der Waals surface area (Å²) in [4.78, 5) is 11.5. The molecule has 0 aromatic carbocycles. The summed E-state index contributed by atoms with van der Waals surface area (Å²) in [5.41, 5.74) is 0.241. The van der Waals surface area contributed by atoms with Gasteiger partial charge in [-0.1, -0.05) is 27.7 Å². The second-order valence-corrected chi connectivity index (χ2v) is 4.86. The second-order valence-electron chi connectivity index (χ2n) is 4.86. The molecule has 0 aliphatic heterocycles. The summed E-state index contributed by atoms with van der Waals surface area (Å²) in [5.74, 6) is 0.463. The van der Waals surface area contributed by atoms with Crippen molar-refractivity contribution in [3.8, 4) is 0 Å². The van der Waals surface area contributed by atoms with Crippen molar-refractivity contribution >= 4 is 5.78 Å². The van der Waals surface area contributed by atoms with E-state index in [2.05, 4.69) is 27.7 Å². The maximum Gasteiger partial charge on any atom is 0.139 e. The smallest absolute Gasteiger partial charge is 0.139 e. The highest BCUT2D eigenvalue weighted by Crippen LogP contribution is 2.47. The van der Waals surface area contributed by atoms with Gasteiger partial charge in [0.15, 0.2) is 0 Å². The molecule has 0 aromatic heterocycles. The summed E-state index contributed by atoms with van der Waals surface area (Å²) in [6, 6.07) is 0. The first kappa shape index (κ1) is 8.76. The van der Waals surface area contributed by atoms with Crippen LogP contribution in [0, 0.1) is 10.8 Å². The summed E-state index contributed by atoms with van der Waals surface area (Å²) in [7, 11) is 0. The molecule has 1 heteroatoms. The first-order valence-corrected chi connectivity index (χ1v) is 4.43. The Morgan fingerprint density at radius 1 is 1.36 bits per heavy atom. The van der Waals surface area contributed by atoms with Crippen molar-refractivity contribution in [2.45, 2.75) is 47.0 Å². The van der Waals surface area contributed by atoms with Crippen LogP contribution in [0.3, 0.4) is 0 Å². The Hall–Kier alpha value is -0.330. The van der Waals surface area contributed by atoms with E-state index in [9.17, 15) is 4.79 Å². The molecule has 11 heavy (non-hydrogen) atoms. The summed E-state index contributed by atoms with van der Waals surface area (Å²) in [6.07, 6.45) is 2.84. The fraction of sp³-hybridized carbons (Fsp3) is 0.900. The predicted octanol–water partition coefficient (Wildman–Crippen LogP) is 2.79. The van der Waals surface area contributed by atoms with Gasteiger partial charge in [-0.3, -0.25) is 4.79 Å². The van der Waals surface area contributed by atoms with Crippen molar-refractivity contribution < 1.29 is 4.79 Å². The zero-order valence-electron chi connectivity index (χ0n) is 8.03. The standard InChI is InChI=1S/C10H18O/c1-5-10(4)7-9(2,3)6-8(10)11/h5-7H2,1-4H3. The van der Waals surface area contributed by atoms with Crippen molar-refractivity contribution in [1.82, 2.24) is 0 Å². The van der Waals surface area contributed by atoms with Gasteiger partial charge in [0.25, 0.3) is 0 Å². The van der Waals surface area contributed by atoms with Gasteiger partial charge in [-0.05, 0) is 18.3 Å². The highest BCUT2D eigenvalue weighted by Gasteiger charge is 2.45. The normalized spacial score (nSPS) is 36.2. The molecule has 0 saturated heterocycles. The minimum atomic E-state index is -0.0104. The van der Waals surface area contributed by atoms with Gasteiger partial charge < -0.3 is 0 Å². The number of hydrogen-bond donors (Lipinski definition) is 0. The van der Waals surface area contributed by atoms with E-state index in [0.29, 0.717) is 5.78 Å². The number of ketones is 1. The van der Waals surface area contributed by atoms with Gasteiger partial charge in [-0.25, -0.2) is 0 Å². The molecule has 1 unspecified atom stereocenters. The van der Waals surface area contributed by atoms with E-state index in [4.69, 9.17) is 0 Å². The Morgan fingerprint density at radius 3 is 2.09 bits per heavy atom. The maximum atomic E-state index is 11.5. The summed E-state index contributed by atoms with van der Waals surface area (Å²) in [5, 5.41) is 0. The zero-order chi connectivity index (χ0) is 8.70. The van der Waals surface area contributed by atoms with Crippen LogP contribution in [0.4, 0.5) is 0 Å². The van der Waals surface area contributed by atoms with Crippen LogP contribution in [0.25, 0.3) is 0 Å². The molecule has 0 heterocycles. The number of rotatable bonds is 1. The van der Waals surface area contributed by atoms with Gasteiger partial charge in [-0.2, -0.15) is 0 Å². The Morgan fingerprint density at radius 2 is 1.91 bits per heavy atom. The van der Waals surface area contributed by atoms with Gasteiger partial charge in [-0.15, -0.1) is 0 Å². The molecule has 0 bridgehead atoms. The van der Waals surface area contributed by atoms with Crippen LogP contribution < -0.4 is 0 Å². The lowest BCUT2D eigenvalue weighted by molar-refractivity contribution is -0.125. The quantitative estimate of drug-likeness (QED) is 0.567. The number of Topliss-reactive ketones (excluding diaryl/α,β-unsaturated/α-hetero) is 1. The van der Waals surface area contributed by atoms with Gasteiger partial charge in [0.05, 0.1) is 0 Å². The van der Waals surface area contributed by atoms with Crippen molar-refractivity contribution in [1.29, 1.82) is 0 Å². The molecular formula is C10H18O. The molecule has 1 rings (SSSR count). The SMILES string of the molecule is CCC1(C)CC(C)(C)CC1=O. The molecular weight excluding hydrogens is 136 g/mol. The van der Waals surface area contributed by atoms with E-state index < -0.39 is 0 Å². The number of carbonyl (C=O) groups is 1. The van der Waals surface area contributed by atoms with E-state index in [1.54, 1.807) is 0 Å². The predicted molar refractivity (Wildman–Crippen MR) is 46.4 cm³/mol. The van der Waals surface area contributed by atoms with Gasteiger partial charge in [0.1, 0.15) is 5.78 Å². The Bertz CT molecular complexity index is 181. The zero-order valence-corrected chi connectivity index (χ0v) is 8.03. The van der Waals surface area contributed by atoms with Gasteiger partial charge in [0, 0.05) is 11.8 Å². The second kappa shape index (κ2) is 2.33. The molecule has 0 amide bonds. The van der Waals surface area contributed by atoms with Crippen molar-refractivity contribution in [3.63, 3.8) is 0 Å². The van der Waals surface area contributed by atoms with Crippen molar-refractivity contribution in [3.05, 3.63) is 0 Å². The van der Waals surface area contributed by atoms with Gasteiger partial charge >= 0.3 is 0 Å². The average Bonchev–Trinajstić information content (AvgIpc) is 2.03. The van der Waals surface area contributed by atoms with Crippen LogP contribution in [-0.2, 0) is 4.79 Å². The van der Waals surface area contributed by atoms with E-state index in [1.165, 1.54) is 0 Å². The average molecular weight is 154 g/mol. The molecule has 1 aliphatic carbocycles. The Labute approximate surface area is 69.2 Å². The Balaban J connectivity index is 2.82. The third-order valence-electron chi connectivity index (χ3n) is 2.96. The molecule has 0 spiro atoms. The topological polar surface area (TPSA) is 17.1 Å².